The average molecular weight is 349 g/mol. The Morgan fingerprint density at radius 1 is 1.28 bits per heavy atom. The lowest BCUT2D eigenvalue weighted by Crippen LogP contribution is -2.33. The fourth-order valence-corrected chi connectivity index (χ4v) is 3.53. The standard InChI is InChI=1S/C20H19N3OS/c1-14-18(6-7-19(22-14)16-8-10-25-13-16)20(24)23(12-15-4-5-15)17-3-2-9-21-11-17/h2-3,6-11,13,15H,4-5,12H2,1H3. The largest absolute Gasteiger partial charge is 0.306 e. The summed E-state index contributed by atoms with van der Waals surface area (Å²) >= 11 is 1.64. The highest BCUT2D eigenvalue weighted by atomic mass is 32.1. The molecule has 0 atom stereocenters. The van der Waals surface area contributed by atoms with E-state index in [1.165, 1.54) is 12.8 Å². The molecule has 0 spiro atoms. The zero-order valence-corrected chi connectivity index (χ0v) is 14.9. The smallest absolute Gasteiger partial charge is 0.260 e. The van der Waals surface area contributed by atoms with Gasteiger partial charge < -0.3 is 4.90 Å². The van der Waals surface area contributed by atoms with Crippen LogP contribution in [0.4, 0.5) is 5.69 Å². The van der Waals surface area contributed by atoms with E-state index >= 15 is 0 Å². The second-order valence-electron chi connectivity index (χ2n) is 6.41. The number of rotatable bonds is 5. The molecule has 4 nitrogen and oxygen atoms in total. The van der Waals surface area contributed by atoms with Gasteiger partial charge in [0.2, 0.25) is 0 Å². The first-order valence-corrected chi connectivity index (χ1v) is 9.39. The Labute approximate surface area is 151 Å². The molecule has 1 saturated carbocycles. The number of aromatic nitrogens is 2. The van der Waals surface area contributed by atoms with Crippen LogP contribution in [-0.2, 0) is 0 Å². The fourth-order valence-electron chi connectivity index (χ4n) is 2.88. The Morgan fingerprint density at radius 2 is 2.16 bits per heavy atom. The number of aryl methyl sites for hydroxylation is 1. The van der Waals surface area contributed by atoms with Crippen LogP contribution in [-0.4, -0.2) is 22.4 Å². The molecule has 25 heavy (non-hydrogen) atoms. The Morgan fingerprint density at radius 3 is 2.80 bits per heavy atom. The van der Waals surface area contributed by atoms with Crippen molar-refractivity contribution < 1.29 is 4.79 Å². The third-order valence-electron chi connectivity index (χ3n) is 4.47. The molecule has 1 aliphatic carbocycles. The minimum atomic E-state index is 0.00164. The normalized spacial score (nSPS) is 13.6. The summed E-state index contributed by atoms with van der Waals surface area (Å²) in [5.74, 6) is 0.601. The number of carbonyl (C=O) groups is 1. The van der Waals surface area contributed by atoms with Crippen molar-refractivity contribution in [3.63, 3.8) is 0 Å². The topological polar surface area (TPSA) is 46.1 Å². The summed E-state index contributed by atoms with van der Waals surface area (Å²) in [4.78, 5) is 23.9. The maximum absolute atomic E-state index is 13.2. The van der Waals surface area contributed by atoms with Crippen LogP contribution < -0.4 is 4.90 Å². The molecule has 0 saturated heterocycles. The molecule has 1 amide bonds. The van der Waals surface area contributed by atoms with E-state index in [0.29, 0.717) is 11.5 Å². The van der Waals surface area contributed by atoms with Gasteiger partial charge in [-0.2, -0.15) is 11.3 Å². The summed E-state index contributed by atoms with van der Waals surface area (Å²) in [5, 5.41) is 4.10. The van der Waals surface area contributed by atoms with Crippen LogP contribution in [0.5, 0.6) is 0 Å². The average Bonchev–Trinajstić information content (AvgIpc) is 3.29. The molecule has 0 N–H and O–H groups in total. The van der Waals surface area contributed by atoms with Crippen molar-refractivity contribution in [3.05, 3.63) is 64.7 Å². The molecular weight excluding hydrogens is 330 g/mol. The summed E-state index contributed by atoms with van der Waals surface area (Å²) < 4.78 is 0. The quantitative estimate of drug-likeness (QED) is 0.678. The molecule has 0 aromatic carbocycles. The van der Waals surface area contributed by atoms with Crippen LogP contribution in [0.3, 0.4) is 0 Å². The molecule has 0 bridgehead atoms. The van der Waals surface area contributed by atoms with Crippen LogP contribution >= 0.6 is 11.3 Å². The van der Waals surface area contributed by atoms with Crippen LogP contribution in [0.1, 0.15) is 28.9 Å². The second-order valence-corrected chi connectivity index (χ2v) is 7.19. The van der Waals surface area contributed by atoms with Gasteiger partial charge in [-0.3, -0.25) is 14.8 Å². The fraction of sp³-hybridized carbons (Fsp3) is 0.250. The van der Waals surface area contributed by atoms with E-state index in [1.54, 1.807) is 23.7 Å². The molecule has 3 aromatic heterocycles. The minimum absolute atomic E-state index is 0.00164. The maximum Gasteiger partial charge on any atom is 0.260 e. The number of thiophene rings is 1. The lowest BCUT2D eigenvalue weighted by molar-refractivity contribution is 0.0984. The molecule has 1 aliphatic rings. The van der Waals surface area contributed by atoms with E-state index in [-0.39, 0.29) is 5.91 Å². The van der Waals surface area contributed by atoms with Gasteiger partial charge in [0.15, 0.2) is 0 Å². The number of amides is 1. The molecule has 3 heterocycles. The van der Waals surface area contributed by atoms with E-state index in [4.69, 9.17) is 0 Å². The van der Waals surface area contributed by atoms with Crippen molar-refractivity contribution in [3.8, 4) is 11.3 Å². The Balaban J connectivity index is 1.65. The van der Waals surface area contributed by atoms with E-state index in [0.717, 1.165) is 29.2 Å². The number of carbonyl (C=O) groups excluding carboxylic acids is 1. The Bertz CT molecular complexity index is 873. The highest BCUT2D eigenvalue weighted by Crippen LogP contribution is 2.32. The predicted molar refractivity (Wildman–Crippen MR) is 101 cm³/mol. The van der Waals surface area contributed by atoms with Gasteiger partial charge in [-0.05, 0) is 61.4 Å². The lowest BCUT2D eigenvalue weighted by atomic mass is 10.1. The molecule has 4 rings (SSSR count). The first kappa shape index (κ1) is 16.0. The highest BCUT2D eigenvalue weighted by molar-refractivity contribution is 7.08. The zero-order valence-electron chi connectivity index (χ0n) is 14.1. The molecule has 0 aliphatic heterocycles. The Hall–Kier alpha value is -2.53. The third kappa shape index (κ3) is 3.46. The molecule has 126 valence electrons. The van der Waals surface area contributed by atoms with Gasteiger partial charge in [-0.1, -0.05) is 0 Å². The van der Waals surface area contributed by atoms with Crippen molar-refractivity contribution in [1.82, 2.24) is 9.97 Å². The van der Waals surface area contributed by atoms with Gasteiger partial charge in [-0.25, -0.2) is 0 Å². The van der Waals surface area contributed by atoms with Gasteiger partial charge in [0, 0.05) is 23.7 Å². The predicted octanol–water partition coefficient (Wildman–Crippen LogP) is 4.57. The number of hydrogen-bond acceptors (Lipinski definition) is 4. The van der Waals surface area contributed by atoms with Gasteiger partial charge in [0.05, 0.1) is 28.8 Å². The lowest BCUT2D eigenvalue weighted by Gasteiger charge is -2.23. The molecule has 0 unspecified atom stereocenters. The van der Waals surface area contributed by atoms with E-state index in [9.17, 15) is 4.79 Å². The van der Waals surface area contributed by atoms with Crippen molar-refractivity contribution >= 4 is 22.9 Å². The molecule has 0 radical (unpaired) electrons. The van der Waals surface area contributed by atoms with Gasteiger partial charge in [0.25, 0.3) is 5.91 Å². The van der Waals surface area contributed by atoms with Gasteiger partial charge >= 0.3 is 0 Å². The van der Waals surface area contributed by atoms with Crippen molar-refractivity contribution in [2.75, 3.05) is 11.4 Å². The minimum Gasteiger partial charge on any atom is -0.306 e. The number of hydrogen-bond donors (Lipinski definition) is 0. The van der Waals surface area contributed by atoms with Crippen molar-refractivity contribution in [2.45, 2.75) is 19.8 Å². The second kappa shape index (κ2) is 6.76. The summed E-state index contributed by atoms with van der Waals surface area (Å²) in [6, 6.07) is 9.68. The molecule has 3 aromatic rings. The van der Waals surface area contributed by atoms with Crippen LogP contribution in [0.15, 0.2) is 53.5 Å². The van der Waals surface area contributed by atoms with E-state index in [2.05, 4.69) is 15.3 Å². The van der Waals surface area contributed by atoms with Gasteiger partial charge in [0.1, 0.15) is 0 Å². The van der Waals surface area contributed by atoms with Crippen LogP contribution in [0.25, 0.3) is 11.3 Å². The van der Waals surface area contributed by atoms with E-state index in [1.807, 2.05) is 47.5 Å². The van der Waals surface area contributed by atoms with Crippen LogP contribution in [0.2, 0.25) is 0 Å². The van der Waals surface area contributed by atoms with Gasteiger partial charge in [-0.15, -0.1) is 0 Å². The molecular formula is C20H19N3OS. The first-order chi connectivity index (χ1) is 12.2. The summed E-state index contributed by atoms with van der Waals surface area (Å²) in [7, 11) is 0. The summed E-state index contributed by atoms with van der Waals surface area (Å²) in [6.07, 6.45) is 5.87. The first-order valence-electron chi connectivity index (χ1n) is 8.44. The summed E-state index contributed by atoms with van der Waals surface area (Å²) in [5.41, 5.74) is 4.27. The molecule has 1 fully saturated rings. The highest BCUT2D eigenvalue weighted by Gasteiger charge is 2.29. The van der Waals surface area contributed by atoms with E-state index < -0.39 is 0 Å². The number of pyridine rings is 2. The number of anilines is 1. The Kier molecular flexibility index (Phi) is 4.32. The summed E-state index contributed by atoms with van der Waals surface area (Å²) in [6.45, 7) is 2.65. The van der Waals surface area contributed by atoms with Crippen molar-refractivity contribution in [1.29, 1.82) is 0 Å². The SMILES string of the molecule is Cc1nc(-c2ccsc2)ccc1C(=O)N(CC1CC1)c1cccnc1. The molecule has 5 heteroatoms. The van der Waals surface area contributed by atoms with Crippen molar-refractivity contribution in [2.24, 2.45) is 5.92 Å². The van der Waals surface area contributed by atoms with Crippen LogP contribution in [0, 0.1) is 12.8 Å². The maximum atomic E-state index is 13.2. The third-order valence-corrected chi connectivity index (χ3v) is 5.16. The zero-order chi connectivity index (χ0) is 17.2. The monoisotopic (exact) mass is 349 g/mol. The number of nitrogens with zero attached hydrogens (tertiary/aromatic N) is 3.